The quantitative estimate of drug-likeness (QED) is 0.580. The largest absolute Gasteiger partial charge is 0.307 e. The molecular formula is C14H7Cl2NOS3. The molecule has 2 nitrogen and oxygen atoms in total. The Morgan fingerprint density at radius 1 is 1.14 bits per heavy atom. The normalized spacial score (nSPS) is 16.6. The standard InChI is InChI=1S/C14H7Cl2NOS3/c15-8-2-1-3-9(16)12(8)10-5-4-7(20-10)6-11-13(18)17-14(19)21-11/h1-6H,(H,17,18,19)/b11-6+. The number of hydrogen-bond donors (Lipinski definition) is 1. The van der Waals surface area contributed by atoms with Gasteiger partial charge in [-0.1, -0.05) is 53.2 Å². The summed E-state index contributed by atoms with van der Waals surface area (Å²) in [5.74, 6) is -0.157. The fourth-order valence-corrected chi connectivity index (χ4v) is 4.70. The zero-order valence-electron chi connectivity index (χ0n) is 10.4. The Kier molecular flexibility index (Phi) is 4.38. The molecule has 1 fully saturated rings. The Labute approximate surface area is 145 Å². The van der Waals surface area contributed by atoms with Crippen molar-refractivity contribution in [2.75, 3.05) is 0 Å². The summed E-state index contributed by atoms with van der Waals surface area (Å²) in [6, 6.07) is 9.30. The van der Waals surface area contributed by atoms with Crippen molar-refractivity contribution in [1.29, 1.82) is 0 Å². The van der Waals surface area contributed by atoms with Crippen molar-refractivity contribution >= 4 is 74.8 Å². The van der Waals surface area contributed by atoms with Crippen LogP contribution in [0.4, 0.5) is 0 Å². The van der Waals surface area contributed by atoms with E-state index < -0.39 is 0 Å². The van der Waals surface area contributed by atoms with Crippen molar-refractivity contribution in [2.24, 2.45) is 0 Å². The van der Waals surface area contributed by atoms with Crippen molar-refractivity contribution in [3.8, 4) is 10.4 Å². The molecule has 0 spiro atoms. The summed E-state index contributed by atoms with van der Waals surface area (Å²) < 4.78 is 0.483. The third-order valence-electron chi connectivity index (χ3n) is 2.75. The molecule has 2 aromatic rings. The van der Waals surface area contributed by atoms with Crippen LogP contribution in [-0.2, 0) is 4.79 Å². The molecule has 3 rings (SSSR count). The maximum absolute atomic E-state index is 11.6. The summed E-state index contributed by atoms with van der Waals surface area (Å²) in [5.41, 5.74) is 0.814. The fourth-order valence-electron chi connectivity index (χ4n) is 1.85. The average molecular weight is 372 g/mol. The molecule has 0 radical (unpaired) electrons. The highest BCUT2D eigenvalue weighted by molar-refractivity contribution is 8.26. The molecule has 21 heavy (non-hydrogen) atoms. The number of hydrogen-bond acceptors (Lipinski definition) is 4. The molecule has 1 amide bonds. The molecule has 0 unspecified atom stereocenters. The molecule has 1 aliphatic heterocycles. The summed E-state index contributed by atoms with van der Waals surface area (Å²) >= 11 is 20.2. The lowest BCUT2D eigenvalue weighted by Gasteiger charge is -2.03. The van der Waals surface area contributed by atoms with Gasteiger partial charge in [0.15, 0.2) is 0 Å². The summed E-state index contributed by atoms with van der Waals surface area (Å²) in [6.45, 7) is 0. The minimum absolute atomic E-state index is 0.157. The van der Waals surface area contributed by atoms with Gasteiger partial charge in [0, 0.05) is 15.3 Å². The lowest BCUT2D eigenvalue weighted by Crippen LogP contribution is -2.17. The van der Waals surface area contributed by atoms with E-state index in [1.54, 1.807) is 12.1 Å². The van der Waals surface area contributed by atoms with E-state index in [0.29, 0.717) is 19.3 Å². The number of halogens is 2. The Morgan fingerprint density at radius 2 is 1.86 bits per heavy atom. The minimum atomic E-state index is -0.157. The van der Waals surface area contributed by atoms with Crippen molar-refractivity contribution in [1.82, 2.24) is 5.32 Å². The van der Waals surface area contributed by atoms with E-state index in [2.05, 4.69) is 5.32 Å². The Balaban J connectivity index is 1.96. The SMILES string of the molecule is O=C1NC(=S)S/C1=C/c1ccc(-c2c(Cl)cccc2Cl)s1. The van der Waals surface area contributed by atoms with Crippen molar-refractivity contribution in [3.63, 3.8) is 0 Å². The van der Waals surface area contributed by atoms with Crippen molar-refractivity contribution in [2.45, 2.75) is 0 Å². The molecule has 0 bridgehead atoms. The molecular weight excluding hydrogens is 365 g/mol. The Hall–Kier alpha value is -0.850. The zero-order valence-corrected chi connectivity index (χ0v) is 14.3. The first-order chi connectivity index (χ1) is 10.0. The van der Waals surface area contributed by atoms with Gasteiger partial charge in [-0.25, -0.2) is 0 Å². The molecule has 0 aliphatic carbocycles. The third kappa shape index (κ3) is 3.17. The number of thioether (sulfide) groups is 1. The van der Waals surface area contributed by atoms with Crippen LogP contribution >= 0.6 is 58.5 Å². The van der Waals surface area contributed by atoms with Gasteiger partial charge in [0.25, 0.3) is 5.91 Å². The average Bonchev–Trinajstić information content (AvgIpc) is 2.97. The van der Waals surface area contributed by atoms with Crippen molar-refractivity contribution in [3.05, 3.63) is 50.2 Å². The molecule has 2 heterocycles. The number of amides is 1. The van der Waals surface area contributed by atoms with E-state index in [1.807, 2.05) is 24.3 Å². The first kappa shape index (κ1) is 15.1. The summed E-state index contributed by atoms with van der Waals surface area (Å²) in [7, 11) is 0. The van der Waals surface area contributed by atoms with Crippen LogP contribution in [-0.4, -0.2) is 10.2 Å². The summed E-state index contributed by atoms with van der Waals surface area (Å²) in [5, 5.41) is 3.81. The summed E-state index contributed by atoms with van der Waals surface area (Å²) in [4.78, 5) is 14.2. The Bertz CT molecular complexity index is 762. The van der Waals surface area contributed by atoms with Crippen LogP contribution in [0.3, 0.4) is 0 Å². The van der Waals surface area contributed by atoms with Gasteiger partial charge in [-0.05, 0) is 30.3 Å². The van der Waals surface area contributed by atoms with Crippen LogP contribution < -0.4 is 5.32 Å². The van der Waals surface area contributed by atoms with E-state index in [-0.39, 0.29) is 5.91 Å². The van der Waals surface area contributed by atoms with Gasteiger partial charge in [-0.15, -0.1) is 11.3 Å². The smallest absolute Gasteiger partial charge is 0.263 e. The lowest BCUT2D eigenvalue weighted by molar-refractivity contribution is -0.115. The van der Waals surface area contributed by atoms with E-state index in [4.69, 9.17) is 35.4 Å². The topological polar surface area (TPSA) is 29.1 Å². The van der Waals surface area contributed by atoms with Gasteiger partial charge in [0.1, 0.15) is 4.32 Å². The van der Waals surface area contributed by atoms with Crippen LogP contribution in [0.15, 0.2) is 35.2 Å². The number of rotatable bonds is 2. The predicted molar refractivity (Wildman–Crippen MR) is 96.1 cm³/mol. The van der Waals surface area contributed by atoms with E-state index in [9.17, 15) is 4.79 Å². The second-order valence-electron chi connectivity index (χ2n) is 4.15. The van der Waals surface area contributed by atoms with Crippen LogP contribution in [0.25, 0.3) is 16.5 Å². The maximum Gasteiger partial charge on any atom is 0.263 e. The Morgan fingerprint density at radius 3 is 2.48 bits per heavy atom. The number of nitrogens with one attached hydrogen (secondary N) is 1. The highest BCUT2D eigenvalue weighted by Gasteiger charge is 2.22. The lowest BCUT2D eigenvalue weighted by atomic mass is 10.2. The predicted octanol–water partition coefficient (Wildman–Crippen LogP) is 5.21. The minimum Gasteiger partial charge on any atom is -0.307 e. The van der Waals surface area contributed by atoms with Crippen LogP contribution in [0.2, 0.25) is 10.0 Å². The number of thiophene rings is 1. The van der Waals surface area contributed by atoms with Crippen LogP contribution in [0, 0.1) is 0 Å². The monoisotopic (exact) mass is 371 g/mol. The van der Waals surface area contributed by atoms with Gasteiger partial charge >= 0.3 is 0 Å². The van der Waals surface area contributed by atoms with E-state index >= 15 is 0 Å². The molecule has 1 saturated heterocycles. The molecule has 0 atom stereocenters. The fraction of sp³-hybridized carbons (Fsp3) is 0. The van der Waals surface area contributed by atoms with E-state index in [1.165, 1.54) is 23.1 Å². The molecule has 0 saturated carbocycles. The van der Waals surface area contributed by atoms with Gasteiger partial charge in [0.05, 0.1) is 15.0 Å². The first-order valence-electron chi connectivity index (χ1n) is 5.83. The molecule has 1 aromatic heterocycles. The van der Waals surface area contributed by atoms with Gasteiger partial charge in [0.2, 0.25) is 0 Å². The molecule has 106 valence electrons. The van der Waals surface area contributed by atoms with Crippen LogP contribution in [0.1, 0.15) is 4.88 Å². The third-order valence-corrected chi connectivity index (χ3v) is 5.59. The van der Waals surface area contributed by atoms with E-state index in [0.717, 1.165) is 15.3 Å². The molecule has 1 aromatic carbocycles. The molecule has 1 N–H and O–H groups in total. The van der Waals surface area contributed by atoms with Gasteiger partial charge in [-0.3, -0.25) is 4.79 Å². The summed E-state index contributed by atoms with van der Waals surface area (Å²) in [6.07, 6.45) is 1.82. The molecule has 1 aliphatic rings. The number of carbonyl (C=O) groups is 1. The van der Waals surface area contributed by atoms with Crippen LogP contribution in [0.5, 0.6) is 0 Å². The number of benzene rings is 1. The second-order valence-corrected chi connectivity index (χ2v) is 7.80. The highest BCUT2D eigenvalue weighted by Crippen LogP contribution is 2.39. The molecule has 7 heteroatoms. The van der Waals surface area contributed by atoms with Crippen molar-refractivity contribution < 1.29 is 4.79 Å². The number of carbonyl (C=O) groups excluding carboxylic acids is 1. The zero-order chi connectivity index (χ0) is 15.0. The van der Waals surface area contributed by atoms with Gasteiger partial charge < -0.3 is 5.32 Å². The van der Waals surface area contributed by atoms with Gasteiger partial charge in [-0.2, -0.15) is 0 Å². The first-order valence-corrected chi connectivity index (χ1v) is 8.63. The number of thiocarbonyl (C=S) groups is 1. The second kappa shape index (κ2) is 6.10. The highest BCUT2D eigenvalue weighted by atomic mass is 35.5. The maximum atomic E-state index is 11.6.